The summed E-state index contributed by atoms with van der Waals surface area (Å²) in [6.07, 6.45) is 6.33. The molecule has 3 aliphatic carbocycles. The Labute approximate surface area is 99.6 Å². The van der Waals surface area contributed by atoms with Crippen molar-refractivity contribution in [3.8, 4) is 0 Å². The van der Waals surface area contributed by atoms with Gasteiger partial charge in [0.15, 0.2) is 0 Å². The largest absolute Gasteiger partial charge is 0.390 e. The molecule has 0 aromatic heterocycles. The van der Waals surface area contributed by atoms with Crippen LogP contribution in [0.4, 0.5) is 0 Å². The summed E-state index contributed by atoms with van der Waals surface area (Å²) in [5.41, 5.74) is 0.636. The molecule has 0 aromatic rings. The van der Waals surface area contributed by atoms with Crippen LogP contribution in [0.3, 0.4) is 0 Å². The van der Waals surface area contributed by atoms with Gasteiger partial charge in [0, 0.05) is 0 Å². The molecule has 3 aliphatic rings. The molecule has 0 amide bonds. The molecule has 1 heteroatoms. The Morgan fingerprint density at radius 2 is 1.62 bits per heavy atom. The molecule has 0 heterocycles. The van der Waals surface area contributed by atoms with E-state index in [9.17, 15) is 5.11 Å². The molecule has 3 fully saturated rings. The minimum atomic E-state index is -0.386. The van der Waals surface area contributed by atoms with E-state index in [1.165, 1.54) is 25.7 Å². The zero-order valence-corrected chi connectivity index (χ0v) is 11.2. The molecular weight excluding hydrogens is 196 g/mol. The van der Waals surface area contributed by atoms with Crippen LogP contribution >= 0.6 is 0 Å². The van der Waals surface area contributed by atoms with Crippen molar-refractivity contribution < 1.29 is 5.11 Å². The summed E-state index contributed by atoms with van der Waals surface area (Å²) in [6.45, 7) is 9.38. The lowest BCUT2D eigenvalue weighted by Gasteiger charge is -2.36. The maximum Gasteiger partial charge on any atom is 0.0651 e. The lowest BCUT2D eigenvalue weighted by Crippen LogP contribution is -2.36. The van der Waals surface area contributed by atoms with E-state index >= 15 is 0 Å². The van der Waals surface area contributed by atoms with E-state index in [1.807, 2.05) is 0 Å². The van der Waals surface area contributed by atoms with Crippen molar-refractivity contribution >= 4 is 0 Å². The van der Waals surface area contributed by atoms with E-state index in [-0.39, 0.29) is 5.60 Å². The third-order valence-corrected chi connectivity index (χ3v) is 6.12. The van der Waals surface area contributed by atoms with Crippen molar-refractivity contribution in [3.63, 3.8) is 0 Å². The molecule has 5 atom stereocenters. The molecule has 0 spiro atoms. The lowest BCUT2D eigenvalue weighted by atomic mass is 9.72. The minimum absolute atomic E-state index is 0.386. The zero-order chi connectivity index (χ0) is 11.8. The monoisotopic (exact) mass is 222 g/mol. The smallest absolute Gasteiger partial charge is 0.0651 e. The Bertz CT molecular complexity index is 317. The molecule has 1 nitrogen and oxygen atoms in total. The van der Waals surface area contributed by atoms with Gasteiger partial charge in [-0.25, -0.2) is 0 Å². The van der Waals surface area contributed by atoms with Gasteiger partial charge in [-0.3, -0.25) is 0 Å². The standard InChI is InChI=1S/C15H26O/c1-13(2)7-10-8-14(10,3)11-5-6-15(4,16)12(11)9-13/h10-12,16H,5-9H2,1-4H3. The van der Waals surface area contributed by atoms with Gasteiger partial charge in [0.05, 0.1) is 5.60 Å². The second-order valence-corrected chi connectivity index (χ2v) is 8.09. The predicted octanol–water partition coefficient (Wildman–Crippen LogP) is 3.61. The summed E-state index contributed by atoms with van der Waals surface area (Å²) in [6, 6.07) is 0. The molecule has 0 aromatic carbocycles. The van der Waals surface area contributed by atoms with Crippen molar-refractivity contribution in [2.24, 2.45) is 28.6 Å². The van der Waals surface area contributed by atoms with E-state index in [2.05, 4.69) is 27.7 Å². The molecule has 92 valence electrons. The van der Waals surface area contributed by atoms with E-state index < -0.39 is 0 Å². The molecule has 5 unspecified atom stereocenters. The van der Waals surface area contributed by atoms with E-state index in [4.69, 9.17) is 0 Å². The Morgan fingerprint density at radius 1 is 0.938 bits per heavy atom. The third kappa shape index (κ3) is 1.40. The Hall–Kier alpha value is -0.0400. The molecule has 16 heavy (non-hydrogen) atoms. The fraction of sp³-hybridized carbons (Fsp3) is 1.00. The van der Waals surface area contributed by atoms with E-state index in [1.54, 1.807) is 0 Å². The van der Waals surface area contributed by atoms with Gasteiger partial charge in [-0.1, -0.05) is 20.8 Å². The van der Waals surface area contributed by atoms with Crippen LogP contribution in [0, 0.1) is 28.6 Å². The quantitative estimate of drug-likeness (QED) is 0.664. The van der Waals surface area contributed by atoms with Crippen LogP contribution in [-0.4, -0.2) is 10.7 Å². The minimum Gasteiger partial charge on any atom is -0.390 e. The van der Waals surface area contributed by atoms with Gasteiger partial charge in [-0.05, 0) is 67.6 Å². The summed E-state index contributed by atoms with van der Waals surface area (Å²) in [5, 5.41) is 10.6. The van der Waals surface area contributed by atoms with E-state index in [0.717, 1.165) is 18.3 Å². The summed E-state index contributed by atoms with van der Waals surface area (Å²) in [4.78, 5) is 0. The highest BCUT2D eigenvalue weighted by atomic mass is 16.3. The molecule has 0 aliphatic heterocycles. The first-order valence-electron chi connectivity index (χ1n) is 6.97. The van der Waals surface area contributed by atoms with Gasteiger partial charge in [0.2, 0.25) is 0 Å². The topological polar surface area (TPSA) is 20.2 Å². The summed E-state index contributed by atoms with van der Waals surface area (Å²) in [7, 11) is 0. The first-order chi connectivity index (χ1) is 7.25. The number of fused-ring (bicyclic) bond motifs is 3. The van der Waals surface area contributed by atoms with Crippen molar-refractivity contribution in [1.29, 1.82) is 0 Å². The van der Waals surface area contributed by atoms with Crippen LogP contribution in [0.1, 0.15) is 59.8 Å². The fourth-order valence-corrected chi connectivity index (χ4v) is 5.00. The highest BCUT2D eigenvalue weighted by Gasteiger charge is 2.64. The second-order valence-electron chi connectivity index (χ2n) is 8.09. The van der Waals surface area contributed by atoms with Gasteiger partial charge < -0.3 is 5.11 Å². The molecule has 0 bridgehead atoms. The van der Waals surface area contributed by atoms with Crippen molar-refractivity contribution in [3.05, 3.63) is 0 Å². The molecule has 0 radical (unpaired) electrons. The lowest BCUT2D eigenvalue weighted by molar-refractivity contribution is -0.0127. The maximum absolute atomic E-state index is 10.6. The van der Waals surface area contributed by atoms with Gasteiger partial charge >= 0.3 is 0 Å². The van der Waals surface area contributed by atoms with Gasteiger partial charge in [-0.2, -0.15) is 0 Å². The summed E-state index contributed by atoms with van der Waals surface area (Å²) < 4.78 is 0. The van der Waals surface area contributed by atoms with Crippen LogP contribution in [-0.2, 0) is 0 Å². The predicted molar refractivity (Wildman–Crippen MR) is 66.1 cm³/mol. The number of aliphatic hydroxyl groups is 1. The van der Waals surface area contributed by atoms with Gasteiger partial charge in [0.25, 0.3) is 0 Å². The van der Waals surface area contributed by atoms with Crippen LogP contribution in [0.5, 0.6) is 0 Å². The van der Waals surface area contributed by atoms with Crippen LogP contribution in [0.2, 0.25) is 0 Å². The molecule has 1 N–H and O–H groups in total. The average Bonchev–Trinajstić information content (AvgIpc) is 2.64. The second kappa shape index (κ2) is 2.85. The zero-order valence-electron chi connectivity index (χ0n) is 11.2. The van der Waals surface area contributed by atoms with Gasteiger partial charge in [-0.15, -0.1) is 0 Å². The average molecular weight is 222 g/mol. The van der Waals surface area contributed by atoms with Crippen molar-refractivity contribution in [2.75, 3.05) is 0 Å². The van der Waals surface area contributed by atoms with Crippen molar-refractivity contribution in [1.82, 2.24) is 0 Å². The normalized spacial score (nSPS) is 58.7. The Balaban J connectivity index is 1.96. The van der Waals surface area contributed by atoms with Crippen LogP contribution < -0.4 is 0 Å². The summed E-state index contributed by atoms with van der Waals surface area (Å²) in [5.74, 6) is 2.31. The first kappa shape index (κ1) is 11.1. The molecule has 3 saturated carbocycles. The molecule has 0 saturated heterocycles. The third-order valence-electron chi connectivity index (χ3n) is 6.12. The number of hydrogen-bond acceptors (Lipinski definition) is 1. The number of rotatable bonds is 0. The van der Waals surface area contributed by atoms with Gasteiger partial charge in [0.1, 0.15) is 0 Å². The van der Waals surface area contributed by atoms with Crippen molar-refractivity contribution in [2.45, 2.75) is 65.4 Å². The molecule has 3 rings (SSSR count). The SMILES string of the molecule is CC1(C)CC2C(CCC2(C)O)C2(C)CC2C1. The highest BCUT2D eigenvalue weighted by Crippen LogP contribution is 2.70. The Kier molecular flexibility index (Phi) is 1.98. The summed E-state index contributed by atoms with van der Waals surface area (Å²) >= 11 is 0. The Morgan fingerprint density at radius 3 is 2.31 bits per heavy atom. The van der Waals surface area contributed by atoms with Crippen LogP contribution in [0.15, 0.2) is 0 Å². The number of hydrogen-bond donors (Lipinski definition) is 1. The van der Waals surface area contributed by atoms with E-state index in [0.29, 0.717) is 16.7 Å². The highest BCUT2D eigenvalue weighted by molar-refractivity contribution is 5.13. The molecular formula is C15H26O. The maximum atomic E-state index is 10.6. The fourth-order valence-electron chi connectivity index (χ4n) is 5.00. The first-order valence-corrected chi connectivity index (χ1v) is 6.97. The van der Waals surface area contributed by atoms with Crippen LogP contribution in [0.25, 0.3) is 0 Å².